The Morgan fingerprint density at radius 3 is 1.58 bits per heavy atom. The lowest BCUT2D eigenvalue weighted by molar-refractivity contribution is -0.160. The molecule has 0 unspecified atom stereocenters. The van der Waals surface area contributed by atoms with Crippen LogP contribution < -0.4 is 14.8 Å². The maximum Gasteiger partial charge on any atom is 0.306 e. The molecule has 0 aliphatic rings. The van der Waals surface area contributed by atoms with E-state index in [9.17, 15) is 24.6 Å². The predicted molar refractivity (Wildman–Crippen MR) is 303 cm³/mol. The molecule has 0 aliphatic carbocycles. The summed E-state index contributed by atoms with van der Waals surface area (Å²) in [7, 11) is 2.97. The molecule has 3 N–H and O–H groups in total. The number of hydrogen-bond donors (Lipinski definition) is 3. The first-order chi connectivity index (χ1) is 37.1. The minimum atomic E-state index is -0.762. The van der Waals surface area contributed by atoms with E-state index >= 15 is 0 Å². The number of hydrogen-bond acceptors (Lipinski definition) is 12. The highest BCUT2D eigenvalue weighted by molar-refractivity contribution is 5.78. The van der Waals surface area contributed by atoms with E-state index in [4.69, 9.17) is 24.0 Å². The van der Waals surface area contributed by atoms with Gasteiger partial charge in [0.2, 0.25) is 5.91 Å². The van der Waals surface area contributed by atoms with Gasteiger partial charge >= 0.3 is 11.9 Å². The Hall–Kier alpha value is -6.12. The fraction of sp³-hybridized carbons (Fsp3) is 0.607. The van der Waals surface area contributed by atoms with Crippen LogP contribution in [0, 0.1) is 0 Å². The highest BCUT2D eigenvalue weighted by atomic mass is 16.6. The molecular formula is C61H92N6O9. The molecule has 0 radical (unpaired) electrons. The lowest BCUT2D eigenvalue weighted by Crippen LogP contribution is -2.30. The largest absolute Gasteiger partial charge is 0.504 e. The Morgan fingerprint density at radius 1 is 0.605 bits per heavy atom. The molecule has 2 heterocycles. The number of esters is 2. The van der Waals surface area contributed by atoms with Crippen LogP contribution in [-0.4, -0.2) is 79.8 Å². The van der Waals surface area contributed by atoms with E-state index in [1.165, 1.54) is 143 Å². The first kappa shape index (κ1) is 62.4. The molecule has 76 heavy (non-hydrogen) atoms. The van der Waals surface area contributed by atoms with Crippen molar-refractivity contribution in [2.75, 3.05) is 20.8 Å². The fourth-order valence-electron chi connectivity index (χ4n) is 9.05. The Balaban J connectivity index is 1.29. The number of methoxy groups -OCH3 is 2. The summed E-state index contributed by atoms with van der Waals surface area (Å²) in [5, 5.41) is 36.3. The summed E-state index contributed by atoms with van der Waals surface area (Å²) in [5.74, 6) is -0.239. The van der Waals surface area contributed by atoms with Gasteiger partial charge in [0, 0.05) is 12.8 Å². The SMILES string of the molecule is CCCCCCCCCCCCCCCC(=O)OC[C@H](Cn1cc(CNC(=O)Cn2nc(/C=C/c3ccc(O)c(OC)c3)cc2/C=C/c2ccc(O)c(OC)c2)nn1)OC(=O)CCCCCCCCCCCCCCC. The Bertz CT molecular complexity index is 2300. The quantitative estimate of drug-likeness (QED) is 0.0281. The minimum Gasteiger partial charge on any atom is -0.504 e. The van der Waals surface area contributed by atoms with E-state index in [1.54, 1.807) is 58.0 Å². The van der Waals surface area contributed by atoms with Gasteiger partial charge in [0.25, 0.3) is 0 Å². The van der Waals surface area contributed by atoms with Gasteiger partial charge in [-0.05, 0) is 66.5 Å². The number of nitrogens with zero attached hydrogens (tertiary/aromatic N) is 5. The summed E-state index contributed by atoms with van der Waals surface area (Å²) in [6.45, 7) is 4.50. The van der Waals surface area contributed by atoms with Gasteiger partial charge in [0.1, 0.15) is 18.8 Å². The molecule has 1 amide bonds. The average Bonchev–Trinajstić information content (AvgIpc) is 4.04. The van der Waals surface area contributed by atoms with Gasteiger partial charge in [-0.1, -0.05) is 197 Å². The molecule has 0 saturated heterocycles. The van der Waals surface area contributed by atoms with Gasteiger partial charge in [-0.25, -0.2) is 4.68 Å². The second kappa shape index (κ2) is 38.4. The first-order valence-corrected chi connectivity index (χ1v) is 28.8. The van der Waals surface area contributed by atoms with E-state index in [-0.39, 0.29) is 55.6 Å². The van der Waals surface area contributed by atoms with Gasteiger partial charge in [-0.2, -0.15) is 5.10 Å². The van der Waals surface area contributed by atoms with Gasteiger partial charge in [-0.3, -0.25) is 19.1 Å². The lowest BCUT2D eigenvalue weighted by atomic mass is 10.0. The molecule has 15 heteroatoms. The van der Waals surface area contributed by atoms with Crippen molar-refractivity contribution in [3.05, 3.63) is 76.9 Å². The van der Waals surface area contributed by atoms with Crippen molar-refractivity contribution in [3.8, 4) is 23.0 Å². The van der Waals surface area contributed by atoms with Crippen molar-refractivity contribution in [1.29, 1.82) is 0 Å². The molecule has 2 aromatic heterocycles. The molecule has 0 bridgehead atoms. The smallest absolute Gasteiger partial charge is 0.306 e. The number of ether oxygens (including phenoxy) is 4. The number of phenols is 2. The predicted octanol–water partition coefficient (Wildman–Crippen LogP) is 14.0. The third kappa shape index (κ3) is 26.6. The number of nitrogens with one attached hydrogen (secondary N) is 1. The van der Waals surface area contributed by atoms with Crippen LogP contribution in [0.3, 0.4) is 0 Å². The Labute approximate surface area is 454 Å². The summed E-state index contributed by atoms with van der Waals surface area (Å²) >= 11 is 0. The fourth-order valence-corrected chi connectivity index (χ4v) is 9.05. The maximum atomic E-state index is 13.5. The Morgan fingerprint density at radius 2 is 1.08 bits per heavy atom. The summed E-state index contributed by atoms with van der Waals surface area (Å²) in [4.78, 5) is 39.5. The zero-order valence-corrected chi connectivity index (χ0v) is 46.6. The van der Waals surface area contributed by atoms with Crippen LogP contribution in [0.5, 0.6) is 23.0 Å². The van der Waals surface area contributed by atoms with E-state index < -0.39 is 6.10 Å². The number of aromatic hydroxyl groups is 2. The zero-order chi connectivity index (χ0) is 54.4. The van der Waals surface area contributed by atoms with Crippen LogP contribution in [0.15, 0.2) is 48.7 Å². The lowest BCUT2D eigenvalue weighted by Gasteiger charge is -2.18. The van der Waals surface area contributed by atoms with Gasteiger partial charge in [0.15, 0.2) is 29.1 Å². The molecule has 2 aromatic carbocycles. The van der Waals surface area contributed by atoms with Crippen molar-refractivity contribution in [2.45, 2.75) is 219 Å². The van der Waals surface area contributed by atoms with Crippen molar-refractivity contribution in [3.63, 3.8) is 0 Å². The van der Waals surface area contributed by atoms with Crippen molar-refractivity contribution in [2.24, 2.45) is 0 Å². The van der Waals surface area contributed by atoms with E-state index in [2.05, 4.69) is 29.5 Å². The van der Waals surface area contributed by atoms with Crippen LogP contribution in [0.25, 0.3) is 24.3 Å². The third-order valence-corrected chi connectivity index (χ3v) is 13.6. The highest BCUT2D eigenvalue weighted by Crippen LogP contribution is 2.29. The standard InChI is InChI=1S/C61H92N6O9/c1-5-7-9-11-13-15-17-19-21-23-25-27-29-31-60(71)75-48-54(76-61(72)32-30-28-26-24-22-20-18-16-14-12-10-8-6-2)46-66-45-52(63-65-66)44-62-59(70)47-67-53(38-34-50-36-40-56(69)58(42-50)74-4)43-51(64-67)37-33-49-35-39-55(68)57(41-49)73-3/h33-43,45,54,68-69H,5-32,44,46-48H2,1-4H3,(H,62,70)/b37-33+,38-34+/t54-/m0/s1. The number of rotatable bonds is 43. The van der Waals surface area contributed by atoms with E-state index in [0.29, 0.717) is 41.4 Å². The average molecular weight is 1050 g/mol. The number of unbranched alkanes of at least 4 members (excludes halogenated alkanes) is 24. The molecule has 420 valence electrons. The molecule has 0 saturated carbocycles. The highest BCUT2D eigenvalue weighted by Gasteiger charge is 2.20. The molecule has 1 atom stereocenters. The van der Waals surface area contributed by atoms with Gasteiger partial charge in [0.05, 0.1) is 44.9 Å². The summed E-state index contributed by atoms with van der Waals surface area (Å²) in [6.07, 6.45) is 40.5. The van der Waals surface area contributed by atoms with E-state index in [0.717, 1.165) is 49.7 Å². The van der Waals surface area contributed by atoms with Crippen LogP contribution in [0.1, 0.15) is 222 Å². The topological polar surface area (TPSA) is 189 Å². The van der Waals surface area contributed by atoms with Crippen molar-refractivity contribution in [1.82, 2.24) is 30.1 Å². The number of carbonyl (C=O) groups excluding carboxylic acids is 3. The number of phenolic OH excluding ortho intramolecular Hbond substituents is 2. The normalized spacial score (nSPS) is 11.9. The summed E-state index contributed by atoms with van der Waals surface area (Å²) in [5.41, 5.74) is 3.24. The van der Waals surface area contributed by atoms with Crippen LogP contribution in [0.4, 0.5) is 0 Å². The number of amides is 1. The molecule has 4 rings (SSSR count). The van der Waals surface area contributed by atoms with Crippen LogP contribution in [-0.2, 0) is 43.5 Å². The third-order valence-electron chi connectivity index (χ3n) is 13.6. The zero-order valence-electron chi connectivity index (χ0n) is 46.6. The summed E-state index contributed by atoms with van der Waals surface area (Å²) in [6, 6.07) is 11.8. The first-order valence-electron chi connectivity index (χ1n) is 28.8. The monoisotopic (exact) mass is 1050 g/mol. The van der Waals surface area contributed by atoms with Crippen molar-refractivity contribution >= 4 is 42.1 Å². The number of aromatic nitrogens is 5. The van der Waals surface area contributed by atoms with Gasteiger partial charge < -0.3 is 34.5 Å². The number of carbonyl (C=O) groups is 3. The molecule has 0 aliphatic heterocycles. The molecule has 15 nitrogen and oxygen atoms in total. The molecule has 0 fully saturated rings. The number of benzene rings is 2. The Kier molecular flexibility index (Phi) is 31.6. The maximum absolute atomic E-state index is 13.5. The van der Waals surface area contributed by atoms with Crippen LogP contribution in [0.2, 0.25) is 0 Å². The molecule has 0 spiro atoms. The second-order valence-corrected chi connectivity index (χ2v) is 20.2. The molecule has 4 aromatic rings. The molecular weight excluding hydrogens is 961 g/mol. The second-order valence-electron chi connectivity index (χ2n) is 20.2. The van der Waals surface area contributed by atoms with Gasteiger partial charge in [-0.15, -0.1) is 5.10 Å². The summed E-state index contributed by atoms with van der Waals surface area (Å²) < 4.78 is 25.3. The van der Waals surface area contributed by atoms with Crippen molar-refractivity contribution < 1.29 is 43.5 Å². The minimum absolute atomic E-state index is 0.0226. The van der Waals surface area contributed by atoms with Crippen LogP contribution >= 0.6 is 0 Å². The van der Waals surface area contributed by atoms with E-state index in [1.807, 2.05) is 24.3 Å².